The fourth-order valence-electron chi connectivity index (χ4n) is 1.69. The first-order valence-electron chi connectivity index (χ1n) is 5.96. The fraction of sp³-hybridized carbons (Fsp3) is 0.308. The predicted molar refractivity (Wildman–Crippen MR) is 73.3 cm³/mol. The first-order chi connectivity index (χ1) is 8.90. The highest BCUT2D eigenvalue weighted by Gasteiger charge is 2.15. The van der Waals surface area contributed by atoms with Crippen LogP contribution in [0.1, 0.15) is 22.4 Å². The molecule has 2 N–H and O–H groups in total. The number of benzene rings is 1. The van der Waals surface area contributed by atoms with Gasteiger partial charge in [-0.3, -0.25) is 5.10 Å². The van der Waals surface area contributed by atoms with E-state index in [1.54, 1.807) is 18.3 Å². The molecule has 0 saturated heterocycles. The summed E-state index contributed by atoms with van der Waals surface area (Å²) in [6, 6.07) is 5.11. The highest BCUT2D eigenvalue weighted by Crippen LogP contribution is 2.15. The Morgan fingerprint density at radius 3 is 2.53 bits per heavy atom. The van der Waals surface area contributed by atoms with Gasteiger partial charge in [-0.05, 0) is 44.0 Å². The van der Waals surface area contributed by atoms with Crippen LogP contribution in [0.25, 0.3) is 0 Å². The number of H-pyrrole nitrogens is 1. The van der Waals surface area contributed by atoms with Gasteiger partial charge in [0.2, 0.25) is 10.0 Å². The van der Waals surface area contributed by atoms with Crippen LogP contribution in [-0.4, -0.2) is 18.6 Å². The summed E-state index contributed by atoms with van der Waals surface area (Å²) in [5, 5.41) is 6.64. The summed E-state index contributed by atoms with van der Waals surface area (Å²) in [5.41, 5.74) is 3.74. The normalized spacial score (nSPS) is 11.7. The van der Waals surface area contributed by atoms with Crippen LogP contribution in [0.15, 0.2) is 29.3 Å². The Balaban J connectivity index is 2.18. The third kappa shape index (κ3) is 3.02. The van der Waals surface area contributed by atoms with Gasteiger partial charge in [0.25, 0.3) is 0 Å². The molecule has 2 aromatic rings. The Kier molecular flexibility index (Phi) is 3.73. The number of hydrogen-bond acceptors (Lipinski definition) is 3. The number of aromatic nitrogens is 2. The summed E-state index contributed by atoms with van der Waals surface area (Å²) in [6.07, 6.45) is 1.62. The van der Waals surface area contributed by atoms with E-state index in [0.29, 0.717) is 0 Å². The average molecular weight is 279 g/mol. The quantitative estimate of drug-likeness (QED) is 0.896. The zero-order valence-corrected chi connectivity index (χ0v) is 12.0. The number of rotatable bonds is 4. The van der Waals surface area contributed by atoms with Gasteiger partial charge < -0.3 is 0 Å². The number of hydrogen-bond donors (Lipinski definition) is 2. The van der Waals surface area contributed by atoms with Gasteiger partial charge in [-0.15, -0.1) is 0 Å². The van der Waals surface area contributed by atoms with Crippen LogP contribution in [0.3, 0.4) is 0 Å². The van der Waals surface area contributed by atoms with Crippen molar-refractivity contribution in [2.45, 2.75) is 32.2 Å². The van der Waals surface area contributed by atoms with E-state index in [1.807, 2.05) is 26.8 Å². The molecule has 0 aliphatic carbocycles. The maximum absolute atomic E-state index is 12.2. The maximum Gasteiger partial charge on any atom is 0.240 e. The van der Waals surface area contributed by atoms with Crippen molar-refractivity contribution in [1.82, 2.24) is 14.9 Å². The number of sulfonamides is 1. The van der Waals surface area contributed by atoms with Gasteiger partial charge >= 0.3 is 0 Å². The van der Waals surface area contributed by atoms with Crippen LogP contribution in [-0.2, 0) is 16.6 Å². The molecule has 0 radical (unpaired) electrons. The topological polar surface area (TPSA) is 74.8 Å². The second-order valence-electron chi connectivity index (χ2n) is 4.59. The lowest BCUT2D eigenvalue weighted by molar-refractivity contribution is 0.581. The molecule has 0 aliphatic rings. The molecule has 0 fully saturated rings. The minimum Gasteiger partial charge on any atom is -0.283 e. The third-order valence-electron chi connectivity index (χ3n) is 3.18. The Morgan fingerprint density at radius 1 is 1.21 bits per heavy atom. The van der Waals surface area contributed by atoms with Crippen molar-refractivity contribution in [2.24, 2.45) is 0 Å². The van der Waals surface area contributed by atoms with Gasteiger partial charge in [0.05, 0.1) is 11.1 Å². The molecule has 6 heteroatoms. The van der Waals surface area contributed by atoms with Crippen molar-refractivity contribution >= 4 is 10.0 Å². The van der Waals surface area contributed by atoms with Gasteiger partial charge in [0.15, 0.2) is 0 Å². The van der Waals surface area contributed by atoms with Crippen molar-refractivity contribution < 1.29 is 8.42 Å². The van der Waals surface area contributed by atoms with Crippen molar-refractivity contribution in [3.63, 3.8) is 0 Å². The SMILES string of the molecule is Cc1ccc(S(=O)(=O)NCc2cn[nH]c2C)cc1C. The second kappa shape index (κ2) is 5.14. The molecule has 1 heterocycles. The fourth-order valence-corrected chi connectivity index (χ4v) is 2.78. The Morgan fingerprint density at radius 2 is 1.95 bits per heavy atom. The lowest BCUT2D eigenvalue weighted by Crippen LogP contribution is -2.23. The van der Waals surface area contributed by atoms with Gasteiger partial charge in [0.1, 0.15) is 0 Å². The molecule has 5 nitrogen and oxygen atoms in total. The molecule has 0 saturated carbocycles. The van der Waals surface area contributed by atoms with E-state index in [1.165, 1.54) is 0 Å². The van der Waals surface area contributed by atoms with E-state index in [0.717, 1.165) is 22.4 Å². The van der Waals surface area contributed by atoms with Crippen LogP contribution >= 0.6 is 0 Å². The average Bonchev–Trinajstić information content (AvgIpc) is 2.76. The molecule has 0 aliphatic heterocycles. The first kappa shape index (κ1) is 13.8. The Bertz CT molecular complexity index is 690. The third-order valence-corrected chi connectivity index (χ3v) is 4.57. The monoisotopic (exact) mass is 279 g/mol. The number of aromatic amines is 1. The van der Waals surface area contributed by atoms with Gasteiger partial charge in [-0.1, -0.05) is 6.07 Å². The van der Waals surface area contributed by atoms with Crippen LogP contribution in [0.2, 0.25) is 0 Å². The van der Waals surface area contributed by atoms with E-state index >= 15 is 0 Å². The summed E-state index contributed by atoms with van der Waals surface area (Å²) >= 11 is 0. The zero-order chi connectivity index (χ0) is 14.0. The van der Waals surface area contributed by atoms with Crippen molar-refractivity contribution in [3.8, 4) is 0 Å². The van der Waals surface area contributed by atoms with Crippen LogP contribution < -0.4 is 4.72 Å². The first-order valence-corrected chi connectivity index (χ1v) is 7.44. The maximum atomic E-state index is 12.2. The van der Waals surface area contributed by atoms with E-state index in [-0.39, 0.29) is 11.4 Å². The van der Waals surface area contributed by atoms with Crippen molar-refractivity contribution in [3.05, 3.63) is 46.8 Å². The summed E-state index contributed by atoms with van der Waals surface area (Å²) in [5.74, 6) is 0. The van der Waals surface area contributed by atoms with Gasteiger partial charge in [-0.25, -0.2) is 13.1 Å². The molecular weight excluding hydrogens is 262 g/mol. The molecule has 19 heavy (non-hydrogen) atoms. The molecular formula is C13H17N3O2S. The van der Waals surface area contributed by atoms with E-state index in [2.05, 4.69) is 14.9 Å². The summed E-state index contributed by atoms with van der Waals surface area (Å²) in [6.45, 7) is 5.94. The molecule has 0 amide bonds. The van der Waals surface area contributed by atoms with E-state index < -0.39 is 10.0 Å². The van der Waals surface area contributed by atoms with Crippen LogP contribution in [0.4, 0.5) is 0 Å². The van der Waals surface area contributed by atoms with Gasteiger partial charge in [0, 0.05) is 17.8 Å². The molecule has 1 aromatic carbocycles. The van der Waals surface area contributed by atoms with Crippen LogP contribution in [0, 0.1) is 20.8 Å². The Hall–Kier alpha value is -1.66. The van der Waals surface area contributed by atoms with Crippen molar-refractivity contribution in [2.75, 3.05) is 0 Å². The number of aryl methyl sites for hydroxylation is 3. The van der Waals surface area contributed by atoms with Crippen molar-refractivity contribution in [1.29, 1.82) is 0 Å². The molecule has 0 bridgehead atoms. The zero-order valence-electron chi connectivity index (χ0n) is 11.2. The standard InChI is InChI=1S/C13H17N3O2S/c1-9-4-5-13(6-10(9)2)19(17,18)15-8-12-7-14-16-11(12)3/h4-7,15H,8H2,1-3H3,(H,14,16). The minimum absolute atomic E-state index is 0.234. The molecule has 2 rings (SSSR count). The van der Waals surface area contributed by atoms with Crippen LogP contribution in [0.5, 0.6) is 0 Å². The summed E-state index contributed by atoms with van der Waals surface area (Å²) in [7, 11) is -3.48. The highest BCUT2D eigenvalue weighted by molar-refractivity contribution is 7.89. The molecule has 102 valence electrons. The summed E-state index contributed by atoms with van der Waals surface area (Å²) in [4.78, 5) is 0.289. The van der Waals surface area contributed by atoms with E-state index in [9.17, 15) is 8.42 Å². The van der Waals surface area contributed by atoms with E-state index in [4.69, 9.17) is 0 Å². The minimum atomic E-state index is -3.48. The number of nitrogens with one attached hydrogen (secondary N) is 2. The lowest BCUT2D eigenvalue weighted by Gasteiger charge is -2.08. The lowest BCUT2D eigenvalue weighted by atomic mass is 10.1. The molecule has 0 atom stereocenters. The predicted octanol–water partition coefficient (Wildman–Crippen LogP) is 1.81. The second-order valence-corrected chi connectivity index (χ2v) is 6.36. The molecule has 1 aromatic heterocycles. The largest absolute Gasteiger partial charge is 0.283 e. The summed E-state index contributed by atoms with van der Waals surface area (Å²) < 4.78 is 26.9. The highest BCUT2D eigenvalue weighted by atomic mass is 32.2. The Labute approximate surface area is 113 Å². The molecule has 0 spiro atoms. The number of nitrogens with zero attached hydrogens (tertiary/aromatic N) is 1. The molecule has 0 unspecified atom stereocenters. The smallest absolute Gasteiger partial charge is 0.240 e. The van der Waals surface area contributed by atoms with Gasteiger partial charge in [-0.2, -0.15) is 5.10 Å².